The van der Waals surface area contributed by atoms with Gasteiger partial charge in [0.25, 0.3) is 10.2 Å². The molecule has 6 heteroatoms. The summed E-state index contributed by atoms with van der Waals surface area (Å²) in [6, 6.07) is -0.0189. The molecule has 21 heavy (non-hydrogen) atoms. The zero-order chi connectivity index (χ0) is 15.5. The van der Waals surface area contributed by atoms with Crippen LogP contribution in [0.4, 0.5) is 0 Å². The Labute approximate surface area is 135 Å². The van der Waals surface area contributed by atoms with Crippen LogP contribution in [0, 0.1) is 11.8 Å². The molecule has 0 aromatic carbocycles. The fourth-order valence-corrected chi connectivity index (χ4v) is 5.89. The maximum Gasteiger partial charge on any atom is 0.282 e. The van der Waals surface area contributed by atoms with Crippen molar-refractivity contribution in [3.8, 4) is 0 Å². The number of rotatable bonds is 4. The van der Waals surface area contributed by atoms with Gasteiger partial charge < -0.3 is 0 Å². The Bertz CT molecular complexity index is 427. The zero-order valence-corrected chi connectivity index (χ0v) is 14.9. The summed E-state index contributed by atoms with van der Waals surface area (Å²) in [4.78, 5) is 0. The second-order valence-corrected chi connectivity index (χ2v) is 8.95. The Balaban J connectivity index is 2.08. The van der Waals surface area contributed by atoms with Crippen molar-refractivity contribution in [1.82, 2.24) is 8.61 Å². The van der Waals surface area contributed by atoms with Crippen molar-refractivity contribution in [3.05, 3.63) is 0 Å². The summed E-state index contributed by atoms with van der Waals surface area (Å²) in [7, 11) is -3.34. The van der Waals surface area contributed by atoms with Crippen LogP contribution in [0.15, 0.2) is 0 Å². The smallest absolute Gasteiger partial charge is 0.195 e. The van der Waals surface area contributed by atoms with Crippen LogP contribution in [0.25, 0.3) is 0 Å². The van der Waals surface area contributed by atoms with Crippen LogP contribution in [-0.4, -0.2) is 48.6 Å². The number of hydrogen-bond acceptors (Lipinski definition) is 2. The van der Waals surface area contributed by atoms with Crippen molar-refractivity contribution in [2.24, 2.45) is 11.8 Å². The molecule has 2 heterocycles. The SMILES string of the molecule is CC(C)C1CCCN(S(=O)(=O)N2CCCCC2CCl)CC1. The molecule has 4 nitrogen and oxygen atoms in total. The van der Waals surface area contributed by atoms with E-state index >= 15 is 0 Å². The molecule has 2 saturated heterocycles. The summed E-state index contributed by atoms with van der Waals surface area (Å²) in [6.07, 6.45) is 6.03. The largest absolute Gasteiger partial charge is 0.282 e. The number of nitrogens with zero attached hydrogens (tertiary/aromatic N) is 2. The van der Waals surface area contributed by atoms with Crippen molar-refractivity contribution in [2.75, 3.05) is 25.5 Å². The van der Waals surface area contributed by atoms with Crippen molar-refractivity contribution in [2.45, 2.75) is 58.4 Å². The van der Waals surface area contributed by atoms with Gasteiger partial charge in [0.2, 0.25) is 0 Å². The Morgan fingerprint density at radius 1 is 1.05 bits per heavy atom. The molecular weight excluding hydrogens is 308 g/mol. The second-order valence-electron chi connectivity index (χ2n) is 6.76. The van der Waals surface area contributed by atoms with Crippen LogP contribution in [0.3, 0.4) is 0 Å². The van der Waals surface area contributed by atoms with E-state index in [0.29, 0.717) is 37.4 Å². The summed E-state index contributed by atoms with van der Waals surface area (Å²) in [5.74, 6) is 1.69. The molecule has 0 bridgehead atoms. The number of piperidine rings is 1. The molecule has 0 saturated carbocycles. The molecule has 124 valence electrons. The first-order valence-electron chi connectivity index (χ1n) is 8.29. The number of halogens is 1. The fraction of sp³-hybridized carbons (Fsp3) is 1.00. The highest BCUT2D eigenvalue weighted by Crippen LogP contribution is 2.29. The minimum Gasteiger partial charge on any atom is -0.195 e. The molecule has 0 aromatic rings. The monoisotopic (exact) mass is 336 g/mol. The summed E-state index contributed by atoms with van der Waals surface area (Å²) < 4.78 is 29.2. The summed E-state index contributed by atoms with van der Waals surface area (Å²) in [6.45, 7) is 6.43. The van der Waals surface area contributed by atoms with Gasteiger partial charge in [0, 0.05) is 31.6 Å². The van der Waals surface area contributed by atoms with Crippen molar-refractivity contribution >= 4 is 21.8 Å². The highest BCUT2D eigenvalue weighted by atomic mass is 35.5. The molecule has 0 N–H and O–H groups in total. The van der Waals surface area contributed by atoms with E-state index in [1.807, 2.05) is 0 Å². The fourth-order valence-electron chi connectivity index (χ4n) is 3.57. The molecular formula is C15H29ClN2O2S. The van der Waals surface area contributed by atoms with E-state index in [-0.39, 0.29) is 6.04 Å². The molecule has 2 aliphatic rings. The van der Waals surface area contributed by atoms with Gasteiger partial charge in [-0.05, 0) is 43.9 Å². The molecule has 0 radical (unpaired) electrons. The van der Waals surface area contributed by atoms with E-state index in [1.54, 1.807) is 8.61 Å². The van der Waals surface area contributed by atoms with Gasteiger partial charge in [-0.1, -0.05) is 20.3 Å². The average molecular weight is 337 g/mol. The molecule has 0 aromatic heterocycles. The predicted octanol–water partition coefficient (Wildman–Crippen LogP) is 3.08. The summed E-state index contributed by atoms with van der Waals surface area (Å²) in [5, 5.41) is 0. The van der Waals surface area contributed by atoms with E-state index in [9.17, 15) is 8.42 Å². The minimum absolute atomic E-state index is 0.0189. The van der Waals surface area contributed by atoms with E-state index in [1.165, 1.54) is 0 Å². The predicted molar refractivity (Wildman–Crippen MR) is 87.7 cm³/mol. The van der Waals surface area contributed by atoms with E-state index in [0.717, 1.165) is 38.5 Å². The molecule has 0 aliphatic carbocycles. The minimum atomic E-state index is -3.34. The van der Waals surface area contributed by atoms with Crippen molar-refractivity contribution < 1.29 is 8.42 Å². The normalized spacial score (nSPS) is 30.5. The van der Waals surface area contributed by atoms with Crippen molar-refractivity contribution in [1.29, 1.82) is 0 Å². The lowest BCUT2D eigenvalue weighted by atomic mass is 9.89. The van der Waals surface area contributed by atoms with E-state index < -0.39 is 10.2 Å². The number of alkyl halides is 1. The maximum absolute atomic E-state index is 12.9. The van der Waals surface area contributed by atoms with Crippen LogP contribution in [0.1, 0.15) is 52.4 Å². The molecule has 2 unspecified atom stereocenters. The van der Waals surface area contributed by atoms with Gasteiger partial charge >= 0.3 is 0 Å². The van der Waals surface area contributed by atoms with E-state index in [4.69, 9.17) is 11.6 Å². The van der Waals surface area contributed by atoms with E-state index in [2.05, 4.69) is 13.8 Å². The topological polar surface area (TPSA) is 40.6 Å². The average Bonchev–Trinajstić information content (AvgIpc) is 2.73. The first-order chi connectivity index (χ1) is 9.96. The Kier molecular flexibility index (Phi) is 6.36. The summed E-state index contributed by atoms with van der Waals surface area (Å²) in [5.41, 5.74) is 0. The quantitative estimate of drug-likeness (QED) is 0.740. The van der Waals surface area contributed by atoms with Crippen LogP contribution in [0.2, 0.25) is 0 Å². The summed E-state index contributed by atoms with van der Waals surface area (Å²) >= 11 is 5.99. The highest BCUT2D eigenvalue weighted by Gasteiger charge is 2.37. The molecule has 0 spiro atoms. The Morgan fingerprint density at radius 2 is 1.81 bits per heavy atom. The lowest BCUT2D eigenvalue weighted by molar-refractivity contribution is 0.246. The highest BCUT2D eigenvalue weighted by molar-refractivity contribution is 7.86. The van der Waals surface area contributed by atoms with Crippen LogP contribution in [-0.2, 0) is 10.2 Å². The standard InChI is InChI=1S/C15H29ClN2O2S/c1-13(2)14-6-5-9-17(11-8-14)21(19,20)18-10-4-3-7-15(18)12-16/h13-15H,3-12H2,1-2H3. The first kappa shape index (κ1) is 17.5. The Hall–Kier alpha value is 0.160. The third kappa shape index (κ3) is 4.12. The molecule has 0 amide bonds. The number of hydrogen-bond donors (Lipinski definition) is 0. The molecule has 2 rings (SSSR count). The third-order valence-electron chi connectivity index (χ3n) is 5.05. The van der Waals surface area contributed by atoms with Gasteiger partial charge in [0.15, 0.2) is 0 Å². The molecule has 2 atom stereocenters. The van der Waals surface area contributed by atoms with Gasteiger partial charge in [0.05, 0.1) is 0 Å². The zero-order valence-electron chi connectivity index (χ0n) is 13.3. The lowest BCUT2D eigenvalue weighted by Crippen LogP contribution is -2.51. The van der Waals surface area contributed by atoms with Crippen LogP contribution < -0.4 is 0 Å². The van der Waals surface area contributed by atoms with Crippen LogP contribution >= 0.6 is 11.6 Å². The van der Waals surface area contributed by atoms with Crippen molar-refractivity contribution in [3.63, 3.8) is 0 Å². The van der Waals surface area contributed by atoms with Gasteiger partial charge in [-0.2, -0.15) is 17.0 Å². The first-order valence-corrected chi connectivity index (χ1v) is 10.2. The van der Waals surface area contributed by atoms with Gasteiger partial charge in [0.1, 0.15) is 0 Å². The van der Waals surface area contributed by atoms with Gasteiger partial charge in [-0.3, -0.25) is 0 Å². The maximum atomic E-state index is 12.9. The van der Waals surface area contributed by atoms with Crippen LogP contribution in [0.5, 0.6) is 0 Å². The molecule has 2 aliphatic heterocycles. The second kappa shape index (κ2) is 7.62. The lowest BCUT2D eigenvalue weighted by Gasteiger charge is -2.37. The molecule has 2 fully saturated rings. The van der Waals surface area contributed by atoms with Gasteiger partial charge in [-0.15, -0.1) is 11.6 Å². The third-order valence-corrected chi connectivity index (χ3v) is 7.50. The Morgan fingerprint density at radius 3 is 2.48 bits per heavy atom. The van der Waals surface area contributed by atoms with Gasteiger partial charge in [-0.25, -0.2) is 0 Å².